The van der Waals surface area contributed by atoms with E-state index >= 15 is 0 Å². The van der Waals surface area contributed by atoms with Crippen LogP contribution in [0.5, 0.6) is 0 Å². The average molecular weight is 268 g/mol. The van der Waals surface area contributed by atoms with Gasteiger partial charge in [-0.2, -0.15) is 0 Å². The molecule has 1 aromatic rings. The molecule has 0 atom stereocenters. The molecule has 0 spiro atoms. The van der Waals surface area contributed by atoms with Crippen LogP contribution in [0.15, 0.2) is 18.2 Å². The first kappa shape index (κ1) is 15.5. The van der Waals surface area contributed by atoms with Gasteiger partial charge in [0.1, 0.15) is 0 Å². The Morgan fingerprint density at radius 1 is 1.00 bits per heavy atom. The van der Waals surface area contributed by atoms with Crippen LogP contribution in [-0.2, 0) is 12.8 Å². The summed E-state index contributed by atoms with van der Waals surface area (Å²) < 4.78 is 0. The zero-order valence-electron chi connectivity index (χ0n) is 11.7. The van der Waals surface area contributed by atoms with Crippen LogP contribution in [-0.4, -0.2) is 14.1 Å². The van der Waals surface area contributed by atoms with Crippen LogP contribution < -0.4 is 5.32 Å². The maximum absolute atomic E-state index is 2.75. The zero-order chi connectivity index (χ0) is 12.1. The van der Waals surface area contributed by atoms with Crippen molar-refractivity contribution in [2.45, 2.75) is 50.9 Å². The van der Waals surface area contributed by atoms with Gasteiger partial charge in [-0.1, -0.05) is 24.6 Å². The topological polar surface area (TPSA) is 12.0 Å². The zero-order valence-corrected chi connectivity index (χ0v) is 12.5. The summed E-state index contributed by atoms with van der Waals surface area (Å²) in [6.45, 7) is 0. The molecule has 0 bridgehead atoms. The Labute approximate surface area is 118 Å². The van der Waals surface area contributed by atoms with Crippen LogP contribution in [0.1, 0.15) is 54.7 Å². The molecule has 0 amide bonds. The lowest BCUT2D eigenvalue weighted by molar-refractivity contribution is 0.415. The van der Waals surface area contributed by atoms with Crippen LogP contribution in [0.2, 0.25) is 0 Å². The Bertz CT molecular complexity index is 358. The highest BCUT2D eigenvalue weighted by Crippen LogP contribution is 2.40. The van der Waals surface area contributed by atoms with Gasteiger partial charge in [-0.15, -0.1) is 12.4 Å². The normalized spacial score (nSPS) is 17.7. The monoisotopic (exact) mass is 267 g/mol. The molecule has 1 fully saturated rings. The summed E-state index contributed by atoms with van der Waals surface area (Å²) in [4.78, 5) is 0. The van der Waals surface area contributed by atoms with E-state index in [0.717, 1.165) is 5.92 Å². The minimum atomic E-state index is 0. The van der Waals surface area contributed by atoms with Gasteiger partial charge in [-0.05, 0) is 75.2 Å². The number of nitrogens with one attached hydrogen (secondary N) is 1. The molecule has 1 saturated carbocycles. The molecule has 1 nitrogen and oxygen atoms in total. The molecular formula is C16H26ClN. The Morgan fingerprint density at radius 2 is 1.67 bits per heavy atom. The van der Waals surface area contributed by atoms with Gasteiger partial charge in [-0.25, -0.2) is 0 Å². The third kappa shape index (κ3) is 3.49. The first-order chi connectivity index (χ1) is 8.36. The summed E-state index contributed by atoms with van der Waals surface area (Å²) in [5.41, 5.74) is 5.08. The van der Waals surface area contributed by atoms with Crippen LogP contribution >= 0.6 is 12.4 Å². The molecule has 2 aliphatic carbocycles. The standard InChI is InChI=1S/C14H18.C2H7N.ClH/c1-2-9-13-11(5-1)8-4-10-14(13)12-6-3-7-12;1-3-2;/h4,8,10,12H,1-3,5-7,9H2;3H,1-2H3;1H. The van der Waals surface area contributed by atoms with E-state index in [-0.39, 0.29) is 12.4 Å². The van der Waals surface area contributed by atoms with Crippen molar-refractivity contribution < 1.29 is 0 Å². The van der Waals surface area contributed by atoms with Crippen molar-refractivity contribution in [3.05, 3.63) is 34.9 Å². The largest absolute Gasteiger partial charge is 0.323 e. The van der Waals surface area contributed by atoms with Crippen LogP contribution in [0.3, 0.4) is 0 Å². The van der Waals surface area contributed by atoms with Crippen molar-refractivity contribution in [2.75, 3.05) is 14.1 Å². The fourth-order valence-corrected chi connectivity index (χ4v) is 2.91. The number of rotatable bonds is 1. The SMILES string of the molecule is CNC.Cl.c1cc2c(c(C3CCC3)c1)CCCC2. The van der Waals surface area contributed by atoms with E-state index in [2.05, 4.69) is 23.5 Å². The van der Waals surface area contributed by atoms with E-state index in [4.69, 9.17) is 0 Å². The number of hydrogen-bond donors (Lipinski definition) is 1. The van der Waals surface area contributed by atoms with Crippen molar-refractivity contribution >= 4 is 12.4 Å². The summed E-state index contributed by atoms with van der Waals surface area (Å²) in [6.07, 6.45) is 9.83. The van der Waals surface area contributed by atoms with E-state index in [0.29, 0.717) is 0 Å². The summed E-state index contributed by atoms with van der Waals surface area (Å²) in [7, 11) is 3.75. The van der Waals surface area contributed by atoms with E-state index in [9.17, 15) is 0 Å². The number of aryl methyl sites for hydroxylation is 1. The highest BCUT2D eigenvalue weighted by atomic mass is 35.5. The molecule has 0 aromatic heterocycles. The minimum Gasteiger partial charge on any atom is -0.323 e. The Morgan fingerprint density at radius 3 is 2.28 bits per heavy atom. The molecule has 0 aliphatic heterocycles. The third-order valence-corrected chi connectivity index (χ3v) is 3.98. The smallest absolute Gasteiger partial charge is 0.0159 e. The van der Waals surface area contributed by atoms with Gasteiger partial charge in [0.15, 0.2) is 0 Å². The van der Waals surface area contributed by atoms with Gasteiger partial charge in [0.05, 0.1) is 0 Å². The number of hydrogen-bond acceptors (Lipinski definition) is 1. The lowest BCUT2D eigenvalue weighted by atomic mass is 9.75. The Kier molecular flexibility index (Phi) is 6.73. The number of fused-ring (bicyclic) bond motifs is 1. The molecule has 0 radical (unpaired) electrons. The molecule has 0 unspecified atom stereocenters. The van der Waals surface area contributed by atoms with Gasteiger partial charge >= 0.3 is 0 Å². The Hall–Kier alpha value is -0.530. The van der Waals surface area contributed by atoms with E-state index in [1.165, 1.54) is 44.9 Å². The first-order valence-corrected chi connectivity index (χ1v) is 7.06. The van der Waals surface area contributed by atoms with Gasteiger partial charge in [0, 0.05) is 0 Å². The van der Waals surface area contributed by atoms with Gasteiger partial charge < -0.3 is 5.32 Å². The fraction of sp³-hybridized carbons (Fsp3) is 0.625. The van der Waals surface area contributed by atoms with Crippen molar-refractivity contribution in [3.63, 3.8) is 0 Å². The van der Waals surface area contributed by atoms with Gasteiger partial charge in [0.2, 0.25) is 0 Å². The summed E-state index contributed by atoms with van der Waals surface area (Å²) >= 11 is 0. The third-order valence-electron chi connectivity index (χ3n) is 3.98. The molecule has 102 valence electrons. The molecule has 2 aliphatic rings. The van der Waals surface area contributed by atoms with E-state index < -0.39 is 0 Å². The molecule has 18 heavy (non-hydrogen) atoms. The van der Waals surface area contributed by atoms with Gasteiger partial charge in [0.25, 0.3) is 0 Å². The molecule has 3 rings (SSSR count). The molecular weight excluding hydrogens is 242 g/mol. The highest BCUT2D eigenvalue weighted by molar-refractivity contribution is 5.85. The predicted molar refractivity (Wildman–Crippen MR) is 81.9 cm³/mol. The van der Waals surface area contributed by atoms with E-state index in [1.54, 1.807) is 16.7 Å². The summed E-state index contributed by atoms with van der Waals surface area (Å²) in [5.74, 6) is 0.919. The lowest BCUT2D eigenvalue weighted by Gasteiger charge is -2.30. The highest BCUT2D eigenvalue weighted by Gasteiger charge is 2.23. The first-order valence-electron chi connectivity index (χ1n) is 7.06. The van der Waals surface area contributed by atoms with Crippen LogP contribution in [0, 0.1) is 0 Å². The molecule has 1 N–H and O–H groups in total. The quantitative estimate of drug-likeness (QED) is 0.808. The fourth-order valence-electron chi connectivity index (χ4n) is 2.91. The Balaban J connectivity index is 0.000000372. The van der Waals surface area contributed by atoms with Crippen molar-refractivity contribution in [1.29, 1.82) is 0 Å². The van der Waals surface area contributed by atoms with Crippen LogP contribution in [0.4, 0.5) is 0 Å². The van der Waals surface area contributed by atoms with Crippen LogP contribution in [0.25, 0.3) is 0 Å². The molecule has 1 aromatic carbocycles. The van der Waals surface area contributed by atoms with Crippen molar-refractivity contribution in [2.24, 2.45) is 0 Å². The molecule has 2 heteroatoms. The maximum atomic E-state index is 2.75. The summed E-state index contributed by atoms with van der Waals surface area (Å²) in [5, 5.41) is 2.75. The number of halogens is 1. The average Bonchev–Trinajstić information content (AvgIpc) is 2.28. The lowest BCUT2D eigenvalue weighted by Crippen LogP contribution is -2.14. The second kappa shape index (κ2) is 7.81. The molecule has 0 saturated heterocycles. The second-order valence-electron chi connectivity index (χ2n) is 5.32. The maximum Gasteiger partial charge on any atom is -0.0159 e. The second-order valence-corrected chi connectivity index (χ2v) is 5.32. The minimum absolute atomic E-state index is 0. The van der Waals surface area contributed by atoms with E-state index in [1.807, 2.05) is 14.1 Å². The summed E-state index contributed by atoms with van der Waals surface area (Å²) in [6, 6.07) is 7.00. The predicted octanol–water partition coefficient (Wildman–Crippen LogP) is 4.09. The van der Waals surface area contributed by atoms with Crippen molar-refractivity contribution in [1.82, 2.24) is 5.32 Å². The molecule has 0 heterocycles. The van der Waals surface area contributed by atoms with Crippen molar-refractivity contribution in [3.8, 4) is 0 Å². The van der Waals surface area contributed by atoms with Gasteiger partial charge in [-0.3, -0.25) is 0 Å². The number of benzene rings is 1.